The normalized spacial score (nSPS) is 12.2. The molecule has 0 unspecified atom stereocenters. The number of benzene rings is 2. The van der Waals surface area contributed by atoms with Gasteiger partial charge in [0.2, 0.25) is 15.9 Å². The molecule has 0 bridgehead atoms. The van der Waals surface area contributed by atoms with Gasteiger partial charge in [-0.25, -0.2) is 8.42 Å². The summed E-state index contributed by atoms with van der Waals surface area (Å²) < 4.78 is 43.5. The van der Waals surface area contributed by atoms with Gasteiger partial charge in [0.1, 0.15) is 17.2 Å². The lowest BCUT2D eigenvalue weighted by Gasteiger charge is -2.17. The Balaban J connectivity index is 2.18. The monoisotopic (exact) mass is 456 g/mol. The Hall–Kier alpha value is -2.49. The number of rotatable bonds is 9. The first-order valence-corrected chi connectivity index (χ1v) is 11.0. The summed E-state index contributed by atoms with van der Waals surface area (Å²) in [6.45, 7) is 5.51. The lowest BCUT2D eigenvalue weighted by atomic mass is 10.2. The summed E-state index contributed by atoms with van der Waals surface area (Å²) in [5.74, 6) is 0.673. The zero-order valence-corrected chi connectivity index (χ0v) is 19.0. The van der Waals surface area contributed by atoms with Crippen LogP contribution in [0.4, 0.5) is 5.69 Å². The minimum Gasteiger partial charge on any atom is -0.495 e. The number of methoxy groups -OCH3 is 2. The first-order chi connectivity index (χ1) is 14.1. The maximum absolute atomic E-state index is 12.7. The highest BCUT2D eigenvalue weighted by Gasteiger charge is 2.24. The van der Waals surface area contributed by atoms with Crippen molar-refractivity contribution in [3.63, 3.8) is 0 Å². The first-order valence-electron chi connectivity index (χ1n) is 9.11. The number of ether oxygens (including phenoxy) is 3. The summed E-state index contributed by atoms with van der Waals surface area (Å²) >= 11 is 6.06. The Morgan fingerprint density at radius 1 is 1.10 bits per heavy atom. The number of aryl methyl sites for hydroxylation is 1. The highest BCUT2D eigenvalue weighted by Crippen LogP contribution is 2.36. The van der Waals surface area contributed by atoms with E-state index < -0.39 is 22.0 Å². The molecule has 10 heteroatoms. The Morgan fingerprint density at radius 3 is 2.33 bits per heavy atom. The van der Waals surface area contributed by atoms with E-state index in [1.54, 1.807) is 13.0 Å². The van der Waals surface area contributed by atoms with Crippen LogP contribution in [0.25, 0.3) is 0 Å². The van der Waals surface area contributed by atoms with Gasteiger partial charge in [-0.05, 0) is 44.5 Å². The van der Waals surface area contributed by atoms with Gasteiger partial charge in [0.25, 0.3) is 0 Å². The molecular weight excluding hydrogens is 432 g/mol. The van der Waals surface area contributed by atoms with Crippen LogP contribution in [0.15, 0.2) is 35.2 Å². The predicted octanol–water partition coefficient (Wildman–Crippen LogP) is 3.37. The van der Waals surface area contributed by atoms with E-state index in [0.29, 0.717) is 40.1 Å². The lowest BCUT2D eigenvalue weighted by molar-refractivity contribution is -0.117. The largest absolute Gasteiger partial charge is 0.495 e. The van der Waals surface area contributed by atoms with E-state index in [0.717, 1.165) is 0 Å². The molecule has 1 amide bonds. The van der Waals surface area contributed by atoms with Gasteiger partial charge >= 0.3 is 0 Å². The van der Waals surface area contributed by atoms with Crippen LogP contribution in [0.5, 0.6) is 17.2 Å². The molecule has 0 radical (unpaired) electrons. The second-order valence-electron chi connectivity index (χ2n) is 6.38. The van der Waals surface area contributed by atoms with Gasteiger partial charge in [-0.15, -0.1) is 0 Å². The molecule has 0 aliphatic carbocycles. The first kappa shape index (κ1) is 23.8. The molecule has 0 aliphatic heterocycles. The number of halogens is 1. The molecule has 0 heterocycles. The predicted molar refractivity (Wildman–Crippen MR) is 115 cm³/mol. The van der Waals surface area contributed by atoms with Crippen LogP contribution >= 0.6 is 11.6 Å². The molecule has 2 aromatic rings. The van der Waals surface area contributed by atoms with Gasteiger partial charge in [-0.3, -0.25) is 4.79 Å². The van der Waals surface area contributed by atoms with Crippen molar-refractivity contribution in [2.45, 2.75) is 31.7 Å². The van der Waals surface area contributed by atoms with Crippen molar-refractivity contribution < 1.29 is 27.4 Å². The quantitative estimate of drug-likeness (QED) is 0.599. The summed E-state index contributed by atoms with van der Waals surface area (Å²) in [5.41, 5.74) is 0.974. The molecule has 0 saturated carbocycles. The van der Waals surface area contributed by atoms with Crippen molar-refractivity contribution in [3.05, 3.63) is 40.9 Å². The van der Waals surface area contributed by atoms with E-state index >= 15 is 0 Å². The number of nitrogens with one attached hydrogen (secondary N) is 2. The Kier molecular flexibility index (Phi) is 7.94. The zero-order valence-electron chi connectivity index (χ0n) is 17.4. The van der Waals surface area contributed by atoms with Gasteiger partial charge in [0.15, 0.2) is 0 Å². The molecule has 8 nitrogen and oxygen atoms in total. The van der Waals surface area contributed by atoms with Crippen LogP contribution in [0.3, 0.4) is 0 Å². The van der Waals surface area contributed by atoms with Crippen LogP contribution in [0.2, 0.25) is 5.02 Å². The van der Waals surface area contributed by atoms with Gasteiger partial charge in [-0.1, -0.05) is 11.6 Å². The molecule has 164 valence electrons. The molecule has 0 fully saturated rings. The van der Waals surface area contributed by atoms with Crippen molar-refractivity contribution >= 4 is 33.2 Å². The Labute approximate surface area is 181 Å². The second kappa shape index (κ2) is 10.0. The summed E-state index contributed by atoms with van der Waals surface area (Å²) in [5, 5.41) is 2.94. The van der Waals surface area contributed by atoms with Crippen molar-refractivity contribution in [1.82, 2.24) is 4.72 Å². The fourth-order valence-electron chi connectivity index (χ4n) is 2.66. The van der Waals surface area contributed by atoms with Crippen LogP contribution < -0.4 is 24.2 Å². The average Bonchev–Trinajstić information content (AvgIpc) is 2.70. The summed E-state index contributed by atoms with van der Waals surface area (Å²) in [6.07, 6.45) is 0. The van der Waals surface area contributed by atoms with Crippen molar-refractivity contribution in [3.8, 4) is 17.2 Å². The molecule has 0 aromatic heterocycles. The topological polar surface area (TPSA) is 103 Å². The third-order valence-electron chi connectivity index (χ3n) is 4.21. The lowest BCUT2D eigenvalue weighted by Crippen LogP contribution is -2.41. The summed E-state index contributed by atoms with van der Waals surface area (Å²) in [6, 6.07) is 6.43. The average molecular weight is 457 g/mol. The minimum atomic E-state index is -3.93. The molecule has 0 aliphatic rings. The molecular formula is C20H25ClN2O6S. The van der Waals surface area contributed by atoms with Crippen LogP contribution in [0.1, 0.15) is 19.4 Å². The molecule has 0 saturated heterocycles. The smallest absolute Gasteiger partial charge is 0.242 e. The zero-order chi connectivity index (χ0) is 22.5. The third kappa shape index (κ3) is 5.56. The molecule has 2 rings (SSSR count). The number of hydrogen-bond donors (Lipinski definition) is 2. The number of carbonyl (C=O) groups excluding carboxylic acids is 1. The number of sulfonamides is 1. The van der Waals surface area contributed by atoms with Crippen LogP contribution in [-0.2, 0) is 14.8 Å². The van der Waals surface area contributed by atoms with E-state index in [4.69, 9.17) is 25.8 Å². The molecule has 1 atom stereocenters. The van der Waals surface area contributed by atoms with Gasteiger partial charge in [-0.2, -0.15) is 4.72 Å². The van der Waals surface area contributed by atoms with E-state index in [1.807, 2.05) is 6.92 Å². The number of carbonyl (C=O) groups is 1. The maximum atomic E-state index is 12.7. The number of hydrogen-bond acceptors (Lipinski definition) is 6. The van der Waals surface area contributed by atoms with Gasteiger partial charge < -0.3 is 19.5 Å². The highest BCUT2D eigenvalue weighted by molar-refractivity contribution is 7.89. The Bertz CT molecular complexity index is 1030. The van der Waals surface area contributed by atoms with E-state index in [2.05, 4.69) is 10.0 Å². The molecule has 0 spiro atoms. The minimum absolute atomic E-state index is 0.0360. The van der Waals surface area contributed by atoms with Crippen LogP contribution in [-0.4, -0.2) is 41.2 Å². The number of amides is 1. The molecule has 2 N–H and O–H groups in total. The molecule has 30 heavy (non-hydrogen) atoms. The fourth-order valence-corrected chi connectivity index (χ4v) is 4.18. The third-order valence-corrected chi connectivity index (χ3v) is 6.05. The van der Waals surface area contributed by atoms with Gasteiger partial charge in [0, 0.05) is 12.1 Å². The van der Waals surface area contributed by atoms with Crippen molar-refractivity contribution in [2.24, 2.45) is 0 Å². The highest BCUT2D eigenvalue weighted by atomic mass is 35.5. The SMILES string of the molecule is CCOc1ccc(S(=O)(=O)N[C@H](C)C(=O)Nc2cc(OC)c(Cl)cc2OC)cc1C. The van der Waals surface area contributed by atoms with Crippen LogP contribution in [0, 0.1) is 6.92 Å². The van der Waals surface area contributed by atoms with E-state index in [1.165, 1.54) is 45.4 Å². The fraction of sp³-hybridized carbons (Fsp3) is 0.350. The summed E-state index contributed by atoms with van der Waals surface area (Å²) in [4.78, 5) is 12.6. The molecule has 2 aromatic carbocycles. The standard InChI is InChI=1S/C20H25ClN2O6S/c1-6-29-17-8-7-14(9-12(17)2)30(25,26)23-13(3)20(24)22-16-11-18(27-4)15(21)10-19(16)28-5/h7-11,13,23H,6H2,1-5H3,(H,22,24)/t13-/m1/s1. The van der Waals surface area contributed by atoms with E-state index in [-0.39, 0.29) is 4.90 Å². The maximum Gasteiger partial charge on any atom is 0.242 e. The van der Waals surface area contributed by atoms with Gasteiger partial charge in [0.05, 0.1) is 42.5 Å². The van der Waals surface area contributed by atoms with Crippen molar-refractivity contribution in [2.75, 3.05) is 26.1 Å². The van der Waals surface area contributed by atoms with E-state index in [9.17, 15) is 13.2 Å². The van der Waals surface area contributed by atoms with Crippen molar-refractivity contribution in [1.29, 1.82) is 0 Å². The summed E-state index contributed by atoms with van der Waals surface area (Å²) in [7, 11) is -1.07. The number of anilines is 1. The Morgan fingerprint density at radius 2 is 1.77 bits per heavy atom. The second-order valence-corrected chi connectivity index (χ2v) is 8.50.